The highest BCUT2D eigenvalue weighted by Gasteiger charge is 2.18. The monoisotopic (exact) mass is 284 g/mol. The molecule has 1 aromatic carbocycles. The average Bonchev–Trinajstić information content (AvgIpc) is 2.27. The van der Waals surface area contributed by atoms with Gasteiger partial charge in [0.2, 0.25) is 0 Å². The maximum Gasteiger partial charge on any atom is 0.123 e. The Kier molecular flexibility index (Phi) is 6.11. The lowest BCUT2D eigenvalue weighted by Crippen LogP contribution is -2.37. The Labute approximate surface area is 121 Å². The van der Waals surface area contributed by atoms with Gasteiger partial charge in [0.05, 0.1) is 7.11 Å². The number of hydrogen-bond acceptors (Lipinski definition) is 3. The standard InChI is InChI=1S/C15H25ClN2O/c1-15(2,11-18(3)4)10-17-9-12-8-13(16)6-7-14(12)19-5/h6-8,17H,9-11H2,1-5H3. The molecule has 0 bridgehead atoms. The van der Waals surface area contributed by atoms with E-state index >= 15 is 0 Å². The predicted molar refractivity (Wildman–Crippen MR) is 82.0 cm³/mol. The fraction of sp³-hybridized carbons (Fsp3) is 0.600. The molecule has 0 aromatic heterocycles. The van der Waals surface area contributed by atoms with E-state index in [1.807, 2.05) is 18.2 Å². The summed E-state index contributed by atoms with van der Waals surface area (Å²) in [7, 11) is 5.88. The third kappa shape index (κ3) is 5.81. The molecule has 0 spiro atoms. The number of rotatable bonds is 7. The molecule has 0 aliphatic heterocycles. The first kappa shape index (κ1) is 16.3. The van der Waals surface area contributed by atoms with Crippen molar-refractivity contribution in [3.05, 3.63) is 28.8 Å². The first-order valence-corrected chi connectivity index (χ1v) is 6.90. The van der Waals surface area contributed by atoms with Crippen molar-refractivity contribution in [3.63, 3.8) is 0 Å². The van der Waals surface area contributed by atoms with E-state index in [9.17, 15) is 0 Å². The maximum atomic E-state index is 6.02. The molecule has 0 heterocycles. The Bertz CT molecular complexity index is 405. The van der Waals surface area contributed by atoms with E-state index < -0.39 is 0 Å². The first-order chi connectivity index (χ1) is 8.84. The van der Waals surface area contributed by atoms with Crippen molar-refractivity contribution >= 4 is 11.6 Å². The molecule has 0 amide bonds. The second kappa shape index (κ2) is 7.13. The highest BCUT2D eigenvalue weighted by Crippen LogP contribution is 2.23. The molecule has 1 rings (SSSR count). The number of nitrogens with zero attached hydrogens (tertiary/aromatic N) is 1. The van der Waals surface area contributed by atoms with Crippen LogP contribution in [0, 0.1) is 5.41 Å². The van der Waals surface area contributed by atoms with Crippen LogP contribution < -0.4 is 10.1 Å². The van der Waals surface area contributed by atoms with Gasteiger partial charge in [-0.25, -0.2) is 0 Å². The van der Waals surface area contributed by atoms with Gasteiger partial charge in [-0.2, -0.15) is 0 Å². The topological polar surface area (TPSA) is 24.5 Å². The summed E-state index contributed by atoms with van der Waals surface area (Å²) in [6, 6.07) is 5.70. The molecule has 0 atom stereocenters. The predicted octanol–water partition coefficient (Wildman–Crippen LogP) is 3.03. The molecule has 19 heavy (non-hydrogen) atoms. The summed E-state index contributed by atoms with van der Waals surface area (Å²) in [6.45, 7) is 7.28. The molecule has 1 aromatic rings. The van der Waals surface area contributed by atoms with Crippen LogP contribution in [0.25, 0.3) is 0 Å². The molecule has 0 radical (unpaired) electrons. The lowest BCUT2D eigenvalue weighted by molar-refractivity contribution is 0.232. The van der Waals surface area contributed by atoms with Crippen LogP contribution >= 0.6 is 11.6 Å². The lowest BCUT2D eigenvalue weighted by Gasteiger charge is -2.28. The van der Waals surface area contributed by atoms with E-state index in [0.29, 0.717) is 0 Å². The van der Waals surface area contributed by atoms with Gasteiger partial charge in [-0.3, -0.25) is 0 Å². The van der Waals surface area contributed by atoms with Crippen molar-refractivity contribution in [2.75, 3.05) is 34.3 Å². The van der Waals surface area contributed by atoms with E-state index in [-0.39, 0.29) is 5.41 Å². The van der Waals surface area contributed by atoms with Crippen molar-refractivity contribution in [1.82, 2.24) is 10.2 Å². The zero-order chi connectivity index (χ0) is 14.5. The number of nitrogens with one attached hydrogen (secondary N) is 1. The number of benzene rings is 1. The molecule has 0 unspecified atom stereocenters. The molecule has 0 aliphatic rings. The van der Waals surface area contributed by atoms with Crippen molar-refractivity contribution in [1.29, 1.82) is 0 Å². The molecular weight excluding hydrogens is 260 g/mol. The number of methoxy groups -OCH3 is 1. The van der Waals surface area contributed by atoms with Crippen LogP contribution in [0.15, 0.2) is 18.2 Å². The quantitative estimate of drug-likeness (QED) is 0.833. The Hall–Kier alpha value is -0.770. The number of halogens is 1. The summed E-state index contributed by atoms with van der Waals surface area (Å²) in [5.41, 5.74) is 1.32. The fourth-order valence-electron chi connectivity index (χ4n) is 2.33. The van der Waals surface area contributed by atoms with Crippen molar-refractivity contribution < 1.29 is 4.74 Å². The molecule has 108 valence electrons. The Morgan fingerprint density at radius 3 is 2.58 bits per heavy atom. The second-order valence-corrected chi connectivity index (χ2v) is 6.40. The minimum absolute atomic E-state index is 0.231. The van der Waals surface area contributed by atoms with Gasteiger partial charge >= 0.3 is 0 Å². The third-order valence-electron chi connectivity index (χ3n) is 2.91. The van der Waals surface area contributed by atoms with Crippen LogP contribution in [-0.4, -0.2) is 39.2 Å². The summed E-state index contributed by atoms with van der Waals surface area (Å²) in [5, 5.41) is 4.22. The summed E-state index contributed by atoms with van der Waals surface area (Å²) in [5.74, 6) is 0.877. The van der Waals surface area contributed by atoms with Crippen LogP contribution in [-0.2, 0) is 6.54 Å². The minimum atomic E-state index is 0.231. The van der Waals surface area contributed by atoms with Gasteiger partial charge in [-0.05, 0) is 37.7 Å². The van der Waals surface area contributed by atoms with Gasteiger partial charge in [0, 0.05) is 30.2 Å². The molecule has 3 nitrogen and oxygen atoms in total. The molecule has 0 fully saturated rings. The van der Waals surface area contributed by atoms with Gasteiger partial charge in [0.1, 0.15) is 5.75 Å². The first-order valence-electron chi connectivity index (χ1n) is 6.52. The van der Waals surface area contributed by atoms with E-state index in [1.54, 1.807) is 7.11 Å². The summed E-state index contributed by atoms with van der Waals surface area (Å²) < 4.78 is 5.34. The number of ether oxygens (including phenoxy) is 1. The smallest absolute Gasteiger partial charge is 0.123 e. The summed E-state index contributed by atoms with van der Waals surface area (Å²) >= 11 is 6.02. The van der Waals surface area contributed by atoms with E-state index in [4.69, 9.17) is 16.3 Å². The van der Waals surface area contributed by atoms with Crippen molar-refractivity contribution in [3.8, 4) is 5.75 Å². The Morgan fingerprint density at radius 2 is 2.00 bits per heavy atom. The molecule has 4 heteroatoms. The van der Waals surface area contributed by atoms with Crippen molar-refractivity contribution in [2.45, 2.75) is 20.4 Å². The van der Waals surface area contributed by atoms with Gasteiger partial charge in [-0.15, -0.1) is 0 Å². The minimum Gasteiger partial charge on any atom is -0.496 e. The van der Waals surface area contributed by atoms with Gasteiger partial charge < -0.3 is 15.0 Å². The third-order valence-corrected chi connectivity index (χ3v) is 3.14. The van der Waals surface area contributed by atoms with Gasteiger partial charge in [0.25, 0.3) is 0 Å². The van der Waals surface area contributed by atoms with Crippen LogP contribution in [0.1, 0.15) is 19.4 Å². The molecule has 1 N–H and O–H groups in total. The SMILES string of the molecule is COc1ccc(Cl)cc1CNCC(C)(C)CN(C)C. The van der Waals surface area contributed by atoms with Crippen LogP contribution in [0.2, 0.25) is 5.02 Å². The maximum absolute atomic E-state index is 6.02. The van der Waals surface area contributed by atoms with Crippen LogP contribution in [0.5, 0.6) is 5.75 Å². The average molecular weight is 285 g/mol. The molecule has 0 saturated carbocycles. The lowest BCUT2D eigenvalue weighted by atomic mass is 9.93. The largest absolute Gasteiger partial charge is 0.496 e. The molecular formula is C15H25ClN2O. The van der Waals surface area contributed by atoms with Crippen LogP contribution in [0.3, 0.4) is 0 Å². The highest BCUT2D eigenvalue weighted by atomic mass is 35.5. The van der Waals surface area contributed by atoms with Gasteiger partial charge in [-0.1, -0.05) is 25.4 Å². The zero-order valence-electron chi connectivity index (χ0n) is 12.6. The Balaban J connectivity index is 2.55. The van der Waals surface area contributed by atoms with Crippen LogP contribution in [0.4, 0.5) is 0 Å². The normalized spacial score (nSPS) is 11.9. The van der Waals surface area contributed by atoms with Crippen molar-refractivity contribution in [2.24, 2.45) is 5.41 Å². The number of hydrogen-bond donors (Lipinski definition) is 1. The summed E-state index contributed by atoms with van der Waals surface area (Å²) in [6.07, 6.45) is 0. The second-order valence-electron chi connectivity index (χ2n) is 5.96. The highest BCUT2D eigenvalue weighted by molar-refractivity contribution is 6.30. The summed E-state index contributed by atoms with van der Waals surface area (Å²) in [4.78, 5) is 2.21. The van der Waals surface area contributed by atoms with E-state index in [1.165, 1.54) is 0 Å². The molecule has 0 saturated heterocycles. The fourth-order valence-corrected chi connectivity index (χ4v) is 2.53. The molecule has 0 aliphatic carbocycles. The van der Waals surface area contributed by atoms with E-state index in [0.717, 1.165) is 36.0 Å². The Morgan fingerprint density at radius 1 is 1.32 bits per heavy atom. The van der Waals surface area contributed by atoms with Gasteiger partial charge in [0.15, 0.2) is 0 Å². The van der Waals surface area contributed by atoms with E-state index in [2.05, 4.69) is 38.2 Å². The zero-order valence-corrected chi connectivity index (χ0v) is 13.3.